The summed E-state index contributed by atoms with van der Waals surface area (Å²) >= 11 is 6.61. The summed E-state index contributed by atoms with van der Waals surface area (Å²) in [5.41, 5.74) is 0.678. The number of hydrogen-bond donors (Lipinski definition) is 1. The number of aryl methyl sites for hydroxylation is 1. The number of carboxylic acids is 1. The molecule has 0 saturated carbocycles. The summed E-state index contributed by atoms with van der Waals surface area (Å²) in [6.07, 6.45) is 0.427. The maximum atomic E-state index is 10.4. The smallest absolute Gasteiger partial charge is 0.303 e. The van der Waals surface area contributed by atoms with Gasteiger partial charge in [-0.15, -0.1) is 0 Å². The Bertz CT molecular complexity index is 382. The molecule has 0 saturated heterocycles. The van der Waals surface area contributed by atoms with E-state index < -0.39 is 5.97 Å². The van der Waals surface area contributed by atoms with Crippen molar-refractivity contribution in [2.24, 2.45) is 0 Å². The van der Waals surface area contributed by atoms with Gasteiger partial charge in [0.25, 0.3) is 0 Å². The van der Waals surface area contributed by atoms with Crippen LogP contribution in [0.25, 0.3) is 0 Å². The molecule has 0 bridgehead atoms. The van der Waals surface area contributed by atoms with E-state index in [-0.39, 0.29) is 6.42 Å². The van der Waals surface area contributed by atoms with Gasteiger partial charge >= 0.3 is 5.97 Å². The molecular weight excluding hydrogens is 330 g/mol. The van der Waals surface area contributed by atoms with Crippen molar-refractivity contribution >= 4 is 37.8 Å². The maximum absolute atomic E-state index is 10.4. The third-order valence-electron chi connectivity index (χ3n) is 1.74. The second-order valence-electron chi connectivity index (χ2n) is 2.80. The summed E-state index contributed by atoms with van der Waals surface area (Å²) in [6.45, 7) is 0. The summed E-state index contributed by atoms with van der Waals surface area (Å²) in [5, 5.41) is 8.56. The first-order valence-corrected chi connectivity index (χ1v) is 5.74. The van der Waals surface area contributed by atoms with E-state index in [9.17, 15) is 4.79 Å². The second kappa shape index (κ2) is 5.46. The van der Waals surface area contributed by atoms with Gasteiger partial charge in [0.15, 0.2) is 0 Å². The van der Waals surface area contributed by atoms with E-state index in [1.807, 2.05) is 0 Å². The van der Waals surface area contributed by atoms with E-state index in [0.717, 1.165) is 8.95 Å². The quantitative estimate of drug-likeness (QED) is 0.916. The largest absolute Gasteiger partial charge is 0.481 e. The molecule has 1 heterocycles. The number of carboxylic acid groups (broad SMARTS) is 1. The molecule has 1 rings (SSSR count). The lowest BCUT2D eigenvalue weighted by Gasteiger charge is -2.07. The number of nitrogens with zero attached hydrogens (tertiary/aromatic N) is 1. The highest BCUT2D eigenvalue weighted by molar-refractivity contribution is 9.11. The average molecular weight is 339 g/mol. The van der Waals surface area contributed by atoms with Crippen molar-refractivity contribution in [1.82, 2.24) is 4.98 Å². The minimum absolute atomic E-state index is 0.0520. The summed E-state index contributed by atoms with van der Waals surface area (Å²) in [5.74, 6) is -0.385. The van der Waals surface area contributed by atoms with E-state index in [4.69, 9.17) is 9.84 Å². The number of aromatic nitrogens is 1. The number of methoxy groups -OCH3 is 1. The van der Waals surface area contributed by atoms with Crippen LogP contribution in [0.5, 0.6) is 5.88 Å². The van der Waals surface area contributed by atoms with Gasteiger partial charge in [-0.2, -0.15) is 0 Å². The molecule has 0 aliphatic rings. The van der Waals surface area contributed by atoms with E-state index >= 15 is 0 Å². The third-order valence-corrected chi connectivity index (χ3v) is 2.99. The van der Waals surface area contributed by atoms with Crippen LogP contribution in [0.4, 0.5) is 0 Å². The number of pyridine rings is 1. The standard InChI is InChI=1S/C9H9Br2NO3/c1-15-9-6(11)4-5(10)7(12-9)2-3-8(13)14/h4H,2-3H2,1H3,(H,13,14). The van der Waals surface area contributed by atoms with E-state index in [1.165, 1.54) is 7.11 Å². The lowest BCUT2D eigenvalue weighted by Crippen LogP contribution is -2.01. The van der Waals surface area contributed by atoms with Crippen LogP contribution in [0.15, 0.2) is 15.0 Å². The number of carbonyl (C=O) groups is 1. The lowest BCUT2D eigenvalue weighted by atomic mass is 10.2. The van der Waals surface area contributed by atoms with E-state index in [2.05, 4.69) is 36.8 Å². The molecule has 0 aliphatic carbocycles. The van der Waals surface area contributed by atoms with Gasteiger partial charge in [0, 0.05) is 10.9 Å². The fourth-order valence-corrected chi connectivity index (χ4v) is 2.33. The Morgan fingerprint density at radius 1 is 1.53 bits per heavy atom. The number of rotatable bonds is 4. The second-order valence-corrected chi connectivity index (χ2v) is 4.51. The molecule has 0 unspecified atom stereocenters. The zero-order chi connectivity index (χ0) is 11.4. The minimum atomic E-state index is -0.842. The number of aliphatic carboxylic acids is 1. The average Bonchev–Trinajstić information content (AvgIpc) is 2.16. The molecule has 0 amide bonds. The number of halogens is 2. The third kappa shape index (κ3) is 3.46. The molecule has 0 aromatic carbocycles. The van der Waals surface area contributed by atoms with E-state index in [0.29, 0.717) is 18.0 Å². The fraction of sp³-hybridized carbons (Fsp3) is 0.333. The van der Waals surface area contributed by atoms with Crippen LogP contribution in [0, 0.1) is 0 Å². The normalized spacial score (nSPS) is 10.1. The van der Waals surface area contributed by atoms with Crippen LogP contribution < -0.4 is 4.74 Å². The molecular formula is C9H9Br2NO3. The lowest BCUT2D eigenvalue weighted by molar-refractivity contribution is -0.136. The minimum Gasteiger partial charge on any atom is -0.481 e. The Morgan fingerprint density at radius 2 is 2.20 bits per heavy atom. The molecule has 0 atom stereocenters. The van der Waals surface area contributed by atoms with E-state index in [1.54, 1.807) is 6.07 Å². The van der Waals surface area contributed by atoms with Crippen LogP contribution in [-0.2, 0) is 11.2 Å². The fourth-order valence-electron chi connectivity index (χ4n) is 1.03. The molecule has 0 fully saturated rings. The molecule has 6 heteroatoms. The first-order valence-electron chi connectivity index (χ1n) is 4.15. The first-order chi connectivity index (χ1) is 7.04. The summed E-state index contributed by atoms with van der Waals surface area (Å²) in [7, 11) is 1.52. The van der Waals surface area contributed by atoms with Crippen molar-refractivity contribution in [3.63, 3.8) is 0 Å². The van der Waals surface area contributed by atoms with Crippen LogP contribution in [0.1, 0.15) is 12.1 Å². The topological polar surface area (TPSA) is 59.4 Å². The van der Waals surface area contributed by atoms with Crippen molar-refractivity contribution in [2.75, 3.05) is 7.11 Å². The Hall–Kier alpha value is -0.620. The van der Waals surface area contributed by atoms with Gasteiger partial charge in [0.2, 0.25) is 5.88 Å². The predicted octanol–water partition coefficient (Wildman–Crippen LogP) is 2.63. The molecule has 82 valence electrons. The van der Waals surface area contributed by atoms with Gasteiger partial charge in [-0.25, -0.2) is 4.98 Å². The molecule has 0 spiro atoms. The van der Waals surface area contributed by atoms with Gasteiger partial charge < -0.3 is 9.84 Å². The van der Waals surface area contributed by atoms with Crippen LogP contribution >= 0.6 is 31.9 Å². The zero-order valence-electron chi connectivity index (χ0n) is 7.96. The van der Waals surface area contributed by atoms with Crippen molar-refractivity contribution in [1.29, 1.82) is 0 Å². The Balaban J connectivity index is 2.92. The van der Waals surface area contributed by atoms with Gasteiger partial charge in [-0.3, -0.25) is 4.79 Å². The maximum Gasteiger partial charge on any atom is 0.303 e. The molecule has 0 radical (unpaired) electrons. The Kier molecular flexibility index (Phi) is 4.53. The predicted molar refractivity (Wildman–Crippen MR) is 62.1 cm³/mol. The molecule has 4 nitrogen and oxygen atoms in total. The molecule has 0 aliphatic heterocycles. The highest BCUT2D eigenvalue weighted by Crippen LogP contribution is 2.28. The van der Waals surface area contributed by atoms with Gasteiger partial charge in [0.1, 0.15) is 0 Å². The molecule has 1 aromatic rings. The SMILES string of the molecule is COc1nc(CCC(=O)O)c(Br)cc1Br. The van der Waals surface area contributed by atoms with Crippen molar-refractivity contribution in [2.45, 2.75) is 12.8 Å². The van der Waals surface area contributed by atoms with Crippen molar-refractivity contribution in [3.8, 4) is 5.88 Å². The number of ether oxygens (including phenoxy) is 1. The van der Waals surface area contributed by atoms with Crippen LogP contribution in [-0.4, -0.2) is 23.2 Å². The first kappa shape index (κ1) is 12.4. The number of hydrogen-bond acceptors (Lipinski definition) is 3. The zero-order valence-corrected chi connectivity index (χ0v) is 11.1. The summed E-state index contributed by atoms with van der Waals surface area (Å²) < 4.78 is 6.53. The Labute approximate surface area is 104 Å². The molecule has 1 N–H and O–H groups in total. The monoisotopic (exact) mass is 337 g/mol. The van der Waals surface area contributed by atoms with Crippen molar-refractivity contribution in [3.05, 3.63) is 20.7 Å². The highest BCUT2D eigenvalue weighted by Gasteiger charge is 2.10. The van der Waals surface area contributed by atoms with Gasteiger partial charge in [-0.05, 0) is 37.9 Å². The molecule has 15 heavy (non-hydrogen) atoms. The van der Waals surface area contributed by atoms with Crippen LogP contribution in [0.2, 0.25) is 0 Å². The molecule has 1 aromatic heterocycles. The van der Waals surface area contributed by atoms with Gasteiger partial charge in [0.05, 0.1) is 23.7 Å². The summed E-state index contributed by atoms with van der Waals surface area (Å²) in [4.78, 5) is 14.6. The summed E-state index contributed by atoms with van der Waals surface area (Å²) in [6, 6.07) is 1.79. The van der Waals surface area contributed by atoms with Crippen molar-refractivity contribution < 1.29 is 14.6 Å². The van der Waals surface area contributed by atoms with Crippen LogP contribution in [0.3, 0.4) is 0 Å². The Morgan fingerprint density at radius 3 is 2.73 bits per heavy atom. The van der Waals surface area contributed by atoms with Gasteiger partial charge in [-0.1, -0.05) is 0 Å². The highest BCUT2D eigenvalue weighted by atomic mass is 79.9.